The van der Waals surface area contributed by atoms with Gasteiger partial charge in [0.15, 0.2) is 0 Å². The number of carbonyl (C=O) groups excluding carboxylic acids is 2. The molecule has 1 fully saturated rings. The number of ketones is 1. The summed E-state index contributed by atoms with van der Waals surface area (Å²) in [5.74, 6) is 0.128. The molecule has 4 heteroatoms. The van der Waals surface area contributed by atoms with Crippen molar-refractivity contribution in [3.05, 3.63) is 108 Å². The van der Waals surface area contributed by atoms with E-state index in [1.165, 1.54) is 24.0 Å². The van der Waals surface area contributed by atoms with Crippen LogP contribution in [-0.4, -0.2) is 42.9 Å². The first-order chi connectivity index (χ1) is 19.5. The van der Waals surface area contributed by atoms with Gasteiger partial charge in [-0.3, -0.25) is 4.79 Å². The zero-order valence-electron chi connectivity index (χ0n) is 26.0. The van der Waals surface area contributed by atoms with E-state index in [2.05, 4.69) is 79.4 Å². The molecule has 0 N–H and O–H groups in total. The van der Waals surface area contributed by atoms with Gasteiger partial charge in [0.1, 0.15) is 5.78 Å². The summed E-state index contributed by atoms with van der Waals surface area (Å²) in [7, 11) is 0. The van der Waals surface area contributed by atoms with Crippen LogP contribution < -0.4 is 0 Å². The van der Waals surface area contributed by atoms with Crippen LogP contribution in [0.5, 0.6) is 0 Å². The molecule has 4 rings (SSSR count). The van der Waals surface area contributed by atoms with Crippen LogP contribution in [0.2, 0.25) is 0 Å². The van der Waals surface area contributed by atoms with Crippen molar-refractivity contribution >= 4 is 11.8 Å². The van der Waals surface area contributed by atoms with Crippen molar-refractivity contribution in [2.75, 3.05) is 26.2 Å². The quantitative estimate of drug-likeness (QED) is 0.238. The molecule has 3 aromatic rings. The Morgan fingerprint density at radius 3 is 1.63 bits per heavy atom. The average Bonchev–Trinajstić information content (AvgIpc) is 2.99. The lowest BCUT2D eigenvalue weighted by molar-refractivity contribution is -0.148. The van der Waals surface area contributed by atoms with Crippen molar-refractivity contribution in [2.45, 2.75) is 78.1 Å². The highest BCUT2D eigenvalue weighted by atomic mass is 16.5. The van der Waals surface area contributed by atoms with E-state index in [1.54, 1.807) is 6.92 Å². The van der Waals surface area contributed by atoms with Crippen LogP contribution in [0, 0.1) is 5.41 Å². The number of hydrogen-bond donors (Lipinski definition) is 0. The second-order valence-electron chi connectivity index (χ2n) is 12.3. The number of likely N-dealkylation sites (tertiary alicyclic amines) is 1. The fourth-order valence-corrected chi connectivity index (χ4v) is 6.01. The first-order valence-corrected chi connectivity index (χ1v) is 15.1. The Morgan fingerprint density at radius 2 is 1.22 bits per heavy atom. The molecule has 1 aliphatic rings. The largest absolute Gasteiger partial charge is 0.465 e. The molecule has 0 radical (unpaired) electrons. The molecule has 3 aromatic carbocycles. The van der Waals surface area contributed by atoms with Crippen molar-refractivity contribution in [3.8, 4) is 0 Å². The highest BCUT2D eigenvalue weighted by Gasteiger charge is 2.48. The number of carbonyl (C=O) groups is 2. The molecule has 0 saturated carbocycles. The summed E-state index contributed by atoms with van der Waals surface area (Å²) in [6.07, 6.45) is 4.04. The Bertz CT molecular complexity index is 1170. The molecule has 0 aromatic heterocycles. The van der Waals surface area contributed by atoms with Crippen LogP contribution in [0.1, 0.15) is 83.9 Å². The molecule has 0 amide bonds. The van der Waals surface area contributed by atoms with Gasteiger partial charge in [0.25, 0.3) is 0 Å². The molecule has 0 aliphatic carbocycles. The minimum absolute atomic E-state index is 0.0129. The molecule has 4 nitrogen and oxygen atoms in total. The van der Waals surface area contributed by atoms with Gasteiger partial charge >= 0.3 is 5.97 Å². The van der Waals surface area contributed by atoms with Gasteiger partial charge in [0, 0.05) is 11.8 Å². The lowest BCUT2D eigenvalue weighted by Crippen LogP contribution is -2.50. The Kier molecular flexibility index (Phi) is 11.5. The fraction of sp³-hybridized carbons (Fsp3) is 0.459. The smallest absolute Gasteiger partial charge is 0.315 e. The maximum atomic E-state index is 11.6. The summed E-state index contributed by atoms with van der Waals surface area (Å²) in [6, 6.07) is 31.7. The molecule has 0 bridgehead atoms. The second-order valence-corrected chi connectivity index (χ2v) is 12.3. The van der Waals surface area contributed by atoms with Crippen LogP contribution in [0.25, 0.3) is 0 Å². The maximum Gasteiger partial charge on any atom is 0.315 e. The maximum absolute atomic E-state index is 11.6. The van der Waals surface area contributed by atoms with Crippen LogP contribution in [-0.2, 0) is 25.2 Å². The third kappa shape index (κ3) is 7.95. The van der Waals surface area contributed by atoms with Gasteiger partial charge in [-0.2, -0.15) is 0 Å². The van der Waals surface area contributed by atoms with E-state index < -0.39 is 5.41 Å². The molecule has 0 spiro atoms. The topological polar surface area (TPSA) is 46.6 Å². The summed E-state index contributed by atoms with van der Waals surface area (Å²) in [5, 5.41) is 0. The molecular weight excluding hydrogens is 506 g/mol. The zero-order chi connectivity index (χ0) is 29.9. The van der Waals surface area contributed by atoms with E-state index >= 15 is 0 Å². The zero-order valence-corrected chi connectivity index (χ0v) is 26.0. The van der Waals surface area contributed by atoms with Crippen molar-refractivity contribution in [3.63, 3.8) is 0 Å². The third-order valence-electron chi connectivity index (χ3n) is 9.15. The number of piperidine rings is 1. The summed E-state index contributed by atoms with van der Waals surface area (Å²) in [4.78, 5) is 25.4. The van der Waals surface area contributed by atoms with Gasteiger partial charge in [-0.25, -0.2) is 0 Å². The molecular formula is C37H49NO3. The molecule has 0 unspecified atom stereocenters. The van der Waals surface area contributed by atoms with Crippen molar-refractivity contribution in [1.29, 1.82) is 0 Å². The Labute approximate surface area is 248 Å². The van der Waals surface area contributed by atoms with Crippen LogP contribution in [0.3, 0.4) is 0 Å². The number of benzene rings is 3. The molecule has 41 heavy (non-hydrogen) atoms. The lowest BCUT2D eigenvalue weighted by Gasteiger charge is -2.52. The summed E-state index contributed by atoms with van der Waals surface area (Å²) >= 11 is 0. The third-order valence-corrected chi connectivity index (χ3v) is 9.15. The van der Waals surface area contributed by atoms with Gasteiger partial charge < -0.3 is 14.4 Å². The molecule has 1 saturated heterocycles. The lowest BCUT2D eigenvalue weighted by atomic mass is 9.55. The van der Waals surface area contributed by atoms with E-state index in [0.29, 0.717) is 18.8 Å². The highest BCUT2D eigenvalue weighted by Crippen LogP contribution is 2.52. The minimum atomic E-state index is -0.558. The number of esters is 1. The first-order valence-electron chi connectivity index (χ1n) is 15.1. The van der Waals surface area contributed by atoms with Gasteiger partial charge in [-0.1, -0.05) is 105 Å². The molecule has 0 atom stereocenters. The molecule has 1 aliphatic heterocycles. The van der Waals surface area contributed by atoms with E-state index in [0.717, 1.165) is 31.6 Å². The number of hydrogen-bond acceptors (Lipinski definition) is 4. The predicted molar refractivity (Wildman–Crippen MR) is 169 cm³/mol. The summed E-state index contributed by atoms with van der Waals surface area (Å²) in [5.41, 5.74) is 3.43. The minimum Gasteiger partial charge on any atom is -0.465 e. The summed E-state index contributed by atoms with van der Waals surface area (Å²) in [6.45, 7) is 15.9. The second kappa shape index (κ2) is 14.6. The van der Waals surface area contributed by atoms with Crippen molar-refractivity contribution in [2.24, 2.45) is 5.41 Å². The normalized spacial score (nSPS) is 15.4. The Morgan fingerprint density at radius 1 is 0.780 bits per heavy atom. The number of ether oxygens (including phenoxy) is 1. The van der Waals surface area contributed by atoms with Crippen molar-refractivity contribution < 1.29 is 14.3 Å². The molecule has 220 valence electrons. The SMILES string of the molecule is CC(=O)CCCN1CCC(C)(C(C)(c2ccccc2)c2ccccc2)CC1.CCOC(=O)C(C)(C)c1ccccc1. The Hall–Kier alpha value is -3.24. The number of nitrogens with zero attached hydrogens (tertiary/aromatic N) is 1. The molecule has 1 heterocycles. The van der Waals surface area contributed by atoms with Gasteiger partial charge in [-0.15, -0.1) is 0 Å². The van der Waals surface area contributed by atoms with Gasteiger partial charge in [0.05, 0.1) is 12.0 Å². The monoisotopic (exact) mass is 555 g/mol. The summed E-state index contributed by atoms with van der Waals surface area (Å²) < 4.78 is 5.02. The van der Waals surface area contributed by atoms with Crippen LogP contribution in [0.4, 0.5) is 0 Å². The van der Waals surface area contributed by atoms with E-state index in [-0.39, 0.29) is 16.8 Å². The first kappa shape index (κ1) is 32.3. The van der Waals surface area contributed by atoms with Gasteiger partial charge in [0.2, 0.25) is 0 Å². The van der Waals surface area contributed by atoms with E-state index in [4.69, 9.17) is 4.74 Å². The van der Waals surface area contributed by atoms with Crippen LogP contribution >= 0.6 is 0 Å². The average molecular weight is 556 g/mol. The van der Waals surface area contributed by atoms with Crippen molar-refractivity contribution in [1.82, 2.24) is 4.90 Å². The van der Waals surface area contributed by atoms with E-state index in [1.807, 2.05) is 51.1 Å². The van der Waals surface area contributed by atoms with Gasteiger partial charge in [-0.05, 0) is 88.7 Å². The van der Waals surface area contributed by atoms with Crippen LogP contribution in [0.15, 0.2) is 91.0 Å². The fourth-order valence-electron chi connectivity index (χ4n) is 6.01. The number of Topliss-reactive ketones (excluding diaryl/α,β-unsaturated/α-hetero) is 1. The van der Waals surface area contributed by atoms with E-state index in [9.17, 15) is 9.59 Å². The number of rotatable bonds is 10. The predicted octanol–water partition coefficient (Wildman–Crippen LogP) is 7.99. The standard InChI is InChI=1S/C25H33NO.C12H16O2/c1-21(27)11-10-18-26-19-16-24(2,17-20-26)25(3,22-12-6-4-7-13-22)23-14-8-5-9-15-23;1-4-14-11(13)12(2,3)10-8-6-5-7-9-10/h4-9,12-15H,10-11,16-20H2,1-3H3;5-9H,4H2,1-3H3. The Balaban J connectivity index is 0.000000278. The highest BCUT2D eigenvalue weighted by molar-refractivity contribution is 5.82.